The number of nitrogens with one attached hydrogen (secondary N) is 2. The van der Waals surface area contributed by atoms with Crippen LogP contribution in [0, 0.1) is 0 Å². The number of unbranched alkanes of at least 4 members (excludes halogenated alkanes) is 2. The number of nitrogens with zero attached hydrogens (tertiary/aromatic N) is 1. The van der Waals surface area contributed by atoms with Crippen LogP contribution in [-0.2, 0) is 9.59 Å². The maximum Gasteiger partial charge on any atom is 0.233 e. The molecule has 4 N–H and O–H groups in total. The van der Waals surface area contributed by atoms with Crippen molar-refractivity contribution in [3.8, 4) is 0 Å². The van der Waals surface area contributed by atoms with Crippen LogP contribution in [0.25, 0.3) is 0 Å². The zero-order valence-corrected chi connectivity index (χ0v) is 10.2. The molecule has 1 heterocycles. The van der Waals surface area contributed by atoms with Gasteiger partial charge in [0.1, 0.15) is 0 Å². The maximum absolute atomic E-state index is 11.1. The van der Waals surface area contributed by atoms with E-state index in [0.717, 1.165) is 45.4 Å². The standard InChI is InChI=1S/C11H22N4O2/c12-14-11(17)4-2-1-3-7-15-8-5-10(16)13-6-9-15/h1-9,12H2,(H,13,16)(H,14,17). The summed E-state index contributed by atoms with van der Waals surface area (Å²) in [5, 5.41) is 2.85. The quantitative estimate of drug-likeness (QED) is 0.250. The number of amides is 2. The molecule has 0 aliphatic carbocycles. The van der Waals surface area contributed by atoms with Crippen LogP contribution in [0.3, 0.4) is 0 Å². The van der Waals surface area contributed by atoms with Crippen LogP contribution in [0.5, 0.6) is 0 Å². The summed E-state index contributed by atoms with van der Waals surface area (Å²) in [5.41, 5.74) is 2.12. The second-order valence-electron chi connectivity index (χ2n) is 4.32. The van der Waals surface area contributed by atoms with Crippen molar-refractivity contribution in [3.05, 3.63) is 0 Å². The molecule has 0 atom stereocenters. The molecule has 1 aliphatic rings. The van der Waals surface area contributed by atoms with Gasteiger partial charge < -0.3 is 10.2 Å². The van der Waals surface area contributed by atoms with E-state index in [1.807, 2.05) is 0 Å². The highest BCUT2D eigenvalue weighted by molar-refractivity contribution is 5.76. The Morgan fingerprint density at radius 3 is 2.94 bits per heavy atom. The lowest BCUT2D eigenvalue weighted by molar-refractivity contribution is -0.121. The Bertz CT molecular complexity index is 258. The van der Waals surface area contributed by atoms with Crippen molar-refractivity contribution in [3.63, 3.8) is 0 Å². The molecular formula is C11H22N4O2. The Balaban J connectivity index is 2.02. The topological polar surface area (TPSA) is 87.5 Å². The Kier molecular flexibility index (Phi) is 6.57. The highest BCUT2D eigenvalue weighted by Gasteiger charge is 2.12. The van der Waals surface area contributed by atoms with Gasteiger partial charge in [-0.1, -0.05) is 6.42 Å². The Morgan fingerprint density at radius 2 is 2.18 bits per heavy atom. The summed E-state index contributed by atoms with van der Waals surface area (Å²) in [6, 6.07) is 0. The minimum Gasteiger partial charge on any atom is -0.355 e. The van der Waals surface area contributed by atoms with Gasteiger partial charge in [0.2, 0.25) is 11.8 Å². The van der Waals surface area contributed by atoms with Crippen molar-refractivity contribution in [2.45, 2.75) is 32.1 Å². The lowest BCUT2D eigenvalue weighted by Crippen LogP contribution is -2.30. The summed E-state index contributed by atoms with van der Waals surface area (Å²) >= 11 is 0. The van der Waals surface area contributed by atoms with Gasteiger partial charge in [-0.3, -0.25) is 15.0 Å². The minimum absolute atomic E-state index is 0.102. The zero-order valence-electron chi connectivity index (χ0n) is 10.2. The van der Waals surface area contributed by atoms with Crippen molar-refractivity contribution in [2.24, 2.45) is 5.84 Å². The van der Waals surface area contributed by atoms with E-state index in [0.29, 0.717) is 12.8 Å². The molecule has 0 radical (unpaired) electrons. The molecule has 0 unspecified atom stereocenters. The van der Waals surface area contributed by atoms with Crippen molar-refractivity contribution in [1.29, 1.82) is 0 Å². The van der Waals surface area contributed by atoms with Gasteiger partial charge in [-0.2, -0.15) is 0 Å². The summed E-state index contributed by atoms with van der Waals surface area (Å²) < 4.78 is 0. The molecule has 6 heteroatoms. The normalized spacial score (nSPS) is 17.4. The number of hydrogen-bond acceptors (Lipinski definition) is 4. The van der Waals surface area contributed by atoms with Crippen LogP contribution >= 0.6 is 0 Å². The van der Waals surface area contributed by atoms with Gasteiger partial charge in [0.15, 0.2) is 0 Å². The molecule has 0 aromatic carbocycles. The van der Waals surface area contributed by atoms with Gasteiger partial charge in [-0.05, 0) is 19.4 Å². The van der Waals surface area contributed by atoms with Gasteiger partial charge >= 0.3 is 0 Å². The van der Waals surface area contributed by atoms with E-state index in [-0.39, 0.29) is 11.8 Å². The molecule has 0 bridgehead atoms. The molecule has 1 aliphatic heterocycles. The summed E-state index contributed by atoms with van der Waals surface area (Å²) in [5.74, 6) is 5.03. The predicted octanol–water partition coefficient (Wildman–Crippen LogP) is -0.641. The Hall–Kier alpha value is -1.14. The molecular weight excluding hydrogens is 220 g/mol. The first kappa shape index (κ1) is 13.9. The Morgan fingerprint density at radius 1 is 1.35 bits per heavy atom. The first-order chi connectivity index (χ1) is 8.22. The molecule has 1 fully saturated rings. The highest BCUT2D eigenvalue weighted by atomic mass is 16.2. The number of hydrazine groups is 1. The van der Waals surface area contributed by atoms with Crippen LogP contribution in [0.15, 0.2) is 0 Å². The second-order valence-corrected chi connectivity index (χ2v) is 4.32. The third kappa shape index (κ3) is 6.23. The van der Waals surface area contributed by atoms with Crippen LogP contribution in [0.1, 0.15) is 32.1 Å². The van der Waals surface area contributed by atoms with Gasteiger partial charge in [-0.15, -0.1) is 0 Å². The second kappa shape index (κ2) is 8.03. The number of rotatable bonds is 6. The van der Waals surface area contributed by atoms with E-state index < -0.39 is 0 Å². The summed E-state index contributed by atoms with van der Waals surface area (Å²) in [6.45, 7) is 3.51. The molecule has 0 saturated carbocycles. The molecule has 1 saturated heterocycles. The average Bonchev–Trinajstić information content (AvgIpc) is 2.53. The molecule has 0 aromatic heterocycles. The SMILES string of the molecule is NNC(=O)CCCCCN1CCNC(=O)CC1. The Labute approximate surface area is 102 Å². The highest BCUT2D eigenvalue weighted by Crippen LogP contribution is 2.03. The van der Waals surface area contributed by atoms with Gasteiger partial charge in [-0.25, -0.2) is 5.84 Å². The fraction of sp³-hybridized carbons (Fsp3) is 0.818. The largest absolute Gasteiger partial charge is 0.355 e. The van der Waals surface area contributed by atoms with E-state index in [2.05, 4.69) is 15.6 Å². The van der Waals surface area contributed by atoms with E-state index >= 15 is 0 Å². The fourth-order valence-corrected chi connectivity index (χ4v) is 1.91. The van der Waals surface area contributed by atoms with Gasteiger partial charge in [0.25, 0.3) is 0 Å². The lowest BCUT2D eigenvalue weighted by Gasteiger charge is -2.18. The van der Waals surface area contributed by atoms with Crippen molar-refractivity contribution >= 4 is 11.8 Å². The number of carbonyl (C=O) groups excluding carboxylic acids is 2. The van der Waals surface area contributed by atoms with Gasteiger partial charge in [0.05, 0.1) is 0 Å². The first-order valence-electron chi connectivity index (χ1n) is 6.21. The van der Waals surface area contributed by atoms with E-state index in [1.54, 1.807) is 0 Å². The first-order valence-corrected chi connectivity index (χ1v) is 6.21. The molecule has 98 valence electrons. The fourth-order valence-electron chi connectivity index (χ4n) is 1.91. The van der Waals surface area contributed by atoms with Crippen LogP contribution in [0.2, 0.25) is 0 Å². The molecule has 0 spiro atoms. The average molecular weight is 242 g/mol. The van der Waals surface area contributed by atoms with E-state index in [4.69, 9.17) is 5.84 Å². The van der Waals surface area contributed by atoms with Crippen LogP contribution < -0.4 is 16.6 Å². The van der Waals surface area contributed by atoms with Crippen LogP contribution in [0.4, 0.5) is 0 Å². The summed E-state index contributed by atoms with van der Waals surface area (Å²) in [4.78, 5) is 24.3. The van der Waals surface area contributed by atoms with Crippen molar-refractivity contribution in [1.82, 2.24) is 15.6 Å². The monoisotopic (exact) mass is 242 g/mol. The summed E-state index contributed by atoms with van der Waals surface area (Å²) in [6.07, 6.45) is 4.04. The van der Waals surface area contributed by atoms with Gasteiger partial charge in [0, 0.05) is 32.5 Å². The van der Waals surface area contributed by atoms with Crippen molar-refractivity contribution in [2.75, 3.05) is 26.2 Å². The van der Waals surface area contributed by atoms with Crippen LogP contribution in [-0.4, -0.2) is 42.9 Å². The summed E-state index contributed by atoms with van der Waals surface area (Å²) in [7, 11) is 0. The molecule has 17 heavy (non-hydrogen) atoms. The zero-order chi connectivity index (χ0) is 12.5. The number of hydrogen-bond donors (Lipinski definition) is 3. The third-order valence-corrected chi connectivity index (χ3v) is 2.94. The number of nitrogens with two attached hydrogens (primary N) is 1. The molecule has 6 nitrogen and oxygen atoms in total. The van der Waals surface area contributed by atoms with E-state index in [1.165, 1.54) is 0 Å². The molecule has 2 amide bonds. The molecule has 1 rings (SSSR count). The van der Waals surface area contributed by atoms with E-state index in [9.17, 15) is 9.59 Å². The predicted molar refractivity (Wildman–Crippen MR) is 64.9 cm³/mol. The minimum atomic E-state index is -0.102. The molecule has 0 aromatic rings. The smallest absolute Gasteiger partial charge is 0.233 e. The van der Waals surface area contributed by atoms with Crippen molar-refractivity contribution < 1.29 is 9.59 Å². The lowest BCUT2D eigenvalue weighted by atomic mass is 10.2. The number of carbonyl (C=O) groups is 2. The third-order valence-electron chi connectivity index (χ3n) is 2.94. The maximum atomic E-state index is 11.1.